The Balaban J connectivity index is 2.04. The Morgan fingerprint density at radius 2 is 1.65 bits per heavy atom. The largest absolute Gasteiger partial charge is 0.494 e. The second-order valence-electron chi connectivity index (χ2n) is 5.69. The van der Waals surface area contributed by atoms with Crippen molar-refractivity contribution in [1.29, 1.82) is 0 Å². The maximum atomic E-state index is 6.06. The molecule has 3 heteroatoms. The zero-order valence-electron chi connectivity index (χ0n) is 13.7. The van der Waals surface area contributed by atoms with Gasteiger partial charge in [0.05, 0.1) is 6.61 Å². The summed E-state index contributed by atoms with van der Waals surface area (Å²) in [6.07, 6.45) is 4.88. The molecule has 23 heavy (non-hydrogen) atoms. The van der Waals surface area contributed by atoms with Gasteiger partial charge < -0.3 is 4.74 Å². The molecule has 0 radical (unpaired) electrons. The Morgan fingerprint density at radius 1 is 0.870 bits per heavy atom. The summed E-state index contributed by atoms with van der Waals surface area (Å²) in [4.78, 5) is 0. The third kappa shape index (κ3) is 5.44. The van der Waals surface area contributed by atoms with Crippen molar-refractivity contribution < 1.29 is 4.74 Å². The average molecular weight is 351 g/mol. The number of alkyl halides is 2. The summed E-state index contributed by atoms with van der Waals surface area (Å²) < 4.78 is 5.80. The highest BCUT2D eigenvalue weighted by atomic mass is 35.5. The van der Waals surface area contributed by atoms with Crippen LogP contribution in [0.25, 0.3) is 11.1 Å². The van der Waals surface area contributed by atoms with Gasteiger partial charge in [-0.25, -0.2) is 0 Å². The van der Waals surface area contributed by atoms with E-state index in [2.05, 4.69) is 31.2 Å². The van der Waals surface area contributed by atoms with Crippen molar-refractivity contribution in [2.24, 2.45) is 0 Å². The predicted octanol–water partition coefficient (Wildman–Crippen LogP) is 6.79. The van der Waals surface area contributed by atoms with Crippen LogP contribution in [0.3, 0.4) is 0 Å². The molecule has 0 bridgehead atoms. The Morgan fingerprint density at radius 3 is 2.30 bits per heavy atom. The highest BCUT2D eigenvalue weighted by Gasteiger charge is 2.06. The number of hydrogen-bond donors (Lipinski definition) is 0. The second-order valence-corrected chi connectivity index (χ2v) is 6.23. The molecular weight excluding hydrogens is 327 g/mol. The summed E-state index contributed by atoms with van der Waals surface area (Å²) in [5.74, 6) is 1.92. The molecule has 0 aliphatic carbocycles. The molecule has 0 aliphatic rings. The van der Waals surface area contributed by atoms with Gasteiger partial charge in [-0.1, -0.05) is 50.5 Å². The van der Waals surface area contributed by atoms with Crippen LogP contribution in [0.4, 0.5) is 0 Å². The number of rotatable bonds is 9. The van der Waals surface area contributed by atoms with Crippen LogP contribution in [0.2, 0.25) is 0 Å². The third-order valence-corrected chi connectivity index (χ3v) is 4.50. The summed E-state index contributed by atoms with van der Waals surface area (Å²) in [6.45, 7) is 3.00. The minimum Gasteiger partial charge on any atom is -0.494 e. The average Bonchev–Trinajstić information content (AvgIpc) is 2.61. The number of ether oxygens (including phenoxy) is 1. The van der Waals surface area contributed by atoms with Crippen molar-refractivity contribution in [1.82, 2.24) is 0 Å². The SMILES string of the molecule is CCCCCCOc1ccc(-c2cc(CCl)ccc2CCl)cc1. The lowest BCUT2D eigenvalue weighted by molar-refractivity contribution is 0.305. The molecule has 0 saturated carbocycles. The Bertz CT molecular complexity index is 593. The van der Waals surface area contributed by atoms with Gasteiger partial charge in [-0.15, -0.1) is 23.2 Å². The molecule has 0 aromatic heterocycles. The minimum atomic E-state index is 0.494. The first-order valence-electron chi connectivity index (χ1n) is 8.25. The first kappa shape index (κ1) is 18.2. The molecule has 2 rings (SSSR count). The predicted molar refractivity (Wildman–Crippen MR) is 101 cm³/mol. The van der Waals surface area contributed by atoms with E-state index in [-0.39, 0.29) is 0 Å². The number of unbranched alkanes of at least 4 members (excludes halogenated alkanes) is 3. The molecule has 2 aromatic rings. The van der Waals surface area contributed by atoms with Crippen LogP contribution in [-0.2, 0) is 11.8 Å². The fourth-order valence-electron chi connectivity index (χ4n) is 2.54. The van der Waals surface area contributed by atoms with Crippen LogP contribution in [0, 0.1) is 0 Å². The van der Waals surface area contributed by atoms with Gasteiger partial charge in [0.2, 0.25) is 0 Å². The smallest absolute Gasteiger partial charge is 0.119 e. The molecule has 124 valence electrons. The molecule has 0 fully saturated rings. The van der Waals surface area contributed by atoms with Gasteiger partial charge in [0.15, 0.2) is 0 Å². The van der Waals surface area contributed by atoms with Crippen LogP contribution in [0.15, 0.2) is 42.5 Å². The molecule has 0 unspecified atom stereocenters. The van der Waals surface area contributed by atoms with Gasteiger partial charge in [-0.05, 0) is 46.9 Å². The first-order chi connectivity index (χ1) is 11.3. The van der Waals surface area contributed by atoms with Crippen molar-refractivity contribution >= 4 is 23.2 Å². The number of benzene rings is 2. The Kier molecular flexibility index (Phi) is 7.78. The van der Waals surface area contributed by atoms with Crippen molar-refractivity contribution in [3.8, 4) is 16.9 Å². The van der Waals surface area contributed by atoms with E-state index >= 15 is 0 Å². The molecule has 0 spiro atoms. The summed E-state index contributed by atoms with van der Waals surface area (Å²) in [7, 11) is 0. The molecule has 1 nitrogen and oxygen atoms in total. The standard InChI is InChI=1S/C20H24Cl2O/c1-2-3-4-5-12-23-19-10-8-17(9-11-19)20-13-16(14-21)6-7-18(20)15-22/h6-11,13H,2-5,12,14-15H2,1H3. The second kappa shape index (κ2) is 9.85. The summed E-state index contributed by atoms with van der Waals surface area (Å²) >= 11 is 12.0. The molecule has 0 amide bonds. The lowest BCUT2D eigenvalue weighted by Crippen LogP contribution is -1.97. The minimum absolute atomic E-state index is 0.494. The summed E-state index contributed by atoms with van der Waals surface area (Å²) in [5.41, 5.74) is 4.51. The molecule has 0 heterocycles. The molecule has 0 saturated heterocycles. The number of halogens is 2. The van der Waals surface area contributed by atoms with E-state index in [1.165, 1.54) is 19.3 Å². The molecule has 0 N–H and O–H groups in total. The monoisotopic (exact) mass is 350 g/mol. The zero-order chi connectivity index (χ0) is 16.5. The molecule has 0 aliphatic heterocycles. The maximum absolute atomic E-state index is 6.06. The van der Waals surface area contributed by atoms with Crippen LogP contribution in [0.5, 0.6) is 5.75 Å². The lowest BCUT2D eigenvalue weighted by Gasteiger charge is -2.11. The normalized spacial score (nSPS) is 10.7. The van der Waals surface area contributed by atoms with Crippen LogP contribution in [0.1, 0.15) is 43.7 Å². The van der Waals surface area contributed by atoms with Gasteiger partial charge in [0, 0.05) is 11.8 Å². The van der Waals surface area contributed by atoms with E-state index in [4.69, 9.17) is 27.9 Å². The highest BCUT2D eigenvalue weighted by molar-refractivity contribution is 6.18. The van der Waals surface area contributed by atoms with Gasteiger partial charge in [-0.2, -0.15) is 0 Å². The van der Waals surface area contributed by atoms with Crippen molar-refractivity contribution in [2.45, 2.75) is 44.4 Å². The third-order valence-electron chi connectivity index (χ3n) is 3.90. The van der Waals surface area contributed by atoms with E-state index in [9.17, 15) is 0 Å². The number of hydrogen-bond acceptors (Lipinski definition) is 1. The van der Waals surface area contributed by atoms with Gasteiger partial charge in [0.25, 0.3) is 0 Å². The van der Waals surface area contributed by atoms with E-state index in [1.54, 1.807) is 0 Å². The van der Waals surface area contributed by atoms with E-state index in [0.717, 1.165) is 41.0 Å². The highest BCUT2D eigenvalue weighted by Crippen LogP contribution is 2.28. The fraction of sp³-hybridized carbons (Fsp3) is 0.400. The van der Waals surface area contributed by atoms with E-state index in [0.29, 0.717) is 11.8 Å². The summed E-state index contributed by atoms with van der Waals surface area (Å²) in [6, 6.07) is 14.4. The summed E-state index contributed by atoms with van der Waals surface area (Å²) in [5, 5.41) is 0. The van der Waals surface area contributed by atoms with Crippen LogP contribution in [-0.4, -0.2) is 6.61 Å². The van der Waals surface area contributed by atoms with Crippen molar-refractivity contribution in [3.63, 3.8) is 0 Å². The lowest BCUT2D eigenvalue weighted by atomic mass is 9.98. The molecular formula is C20H24Cl2O. The van der Waals surface area contributed by atoms with Crippen molar-refractivity contribution in [2.75, 3.05) is 6.61 Å². The zero-order valence-corrected chi connectivity index (χ0v) is 15.2. The van der Waals surface area contributed by atoms with Crippen molar-refractivity contribution in [3.05, 3.63) is 53.6 Å². The van der Waals surface area contributed by atoms with E-state index in [1.807, 2.05) is 18.2 Å². The van der Waals surface area contributed by atoms with Gasteiger partial charge in [-0.3, -0.25) is 0 Å². The van der Waals surface area contributed by atoms with Gasteiger partial charge in [0.1, 0.15) is 5.75 Å². The van der Waals surface area contributed by atoms with Gasteiger partial charge >= 0.3 is 0 Å². The fourth-order valence-corrected chi connectivity index (χ4v) is 2.94. The van der Waals surface area contributed by atoms with Crippen LogP contribution < -0.4 is 4.74 Å². The molecule has 2 aromatic carbocycles. The Hall–Kier alpha value is -1.18. The quantitative estimate of drug-likeness (QED) is 0.357. The first-order valence-corrected chi connectivity index (χ1v) is 9.32. The van der Waals surface area contributed by atoms with Crippen LogP contribution >= 0.6 is 23.2 Å². The molecule has 0 atom stereocenters. The maximum Gasteiger partial charge on any atom is 0.119 e. The topological polar surface area (TPSA) is 9.23 Å². The Labute approximate surface area is 149 Å². The van der Waals surface area contributed by atoms with E-state index < -0.39 is 0 Å².